The molecule has 0 spiro atoms. The zero-order valence-electron chi connectivity index (χ0n) is 23.5. The number of piperidine rings is 1. The lowest BCUT2D eigenvalue weighted by molar-refractivity contribution is -0.137. The molecule has 0 bridgehead atoms. The Hall–Kier alpha value is -4.24. The van der Waals surface area contributed by atoms with E-state index >= 15 is 0 Å². The van der Waals surface area contributed by atoms with Gasteiger partial charge in [-0.15, -0.1) is 0 Å². The number of nitrogen functional groups attached to an aromatic ring is 1. The van der Waals surface area contributed by atoms with Gasteiger partial charge in [-0.1, -0.05) is 42.5 Å². The lowest BCUT2D eigenvalue weighted by atomic mass is 9.92. The topological polar surface area (TPSA) is 97.6 Å². The quantitative estimate of drug-likeness (QED) is 0.334. The highest BCUT2D eigenvalue weighted by molar-refractivity contribution is 5.92. The summed E-state index contributed by atoms with van der Waals surface area (Å²) in [4.78, 5) is 21.9. The number of likely N-dealkylation sites (tertiary alicyclic amines) is 2. The number of aromatic nitrogens is 5. The SMILES string of the molecule is CC(C(=O)N1CCC(c2cc(-c3ccc4cn(Cc5ccccc5)nc4c3)c3c(N)ncnn23)CC1)N1CCCC1. The highest BCUT2D eigenvalue weighted by Gasteiger charge is 2.32. The van der Waals surface area contributed by atoms with Crippen molar-refractivity contribution in [2.24, 2.45) is 0 Å². The van der Waals surface area contributed by atoms with Crippen LogP contribution >= 0.6 is 0 Å². The molecule has 7 rings (SSSR count). The monoisotopic (exact) mass is 548 g/mol. The fourth-order valence-corrected chi connectivity index (χ4v) is 6.63. The van der Waals surface area contributed by atoms with Crippen molar-refractivity contribution >= 4 is 28.1 Å². The van der Waals surface area contributed by atoms with E-state index in [1.165, 1.54) is 24.7 Å². The fraction of sp³-hybridized carbons (Fsp3) is 0.375. The number of fused-ring (bicyclic) bond motifs is 2. The van der Waals surface area contributed by atoms with Gasteiger partial charge in [0.15, 0.2) is 5.82 Å². The number of amides is 1. The molecule has 5 heterocycles. The van der Waals surface area contributed by atoms with Gasteiger partial charge in [-0.05, 0) is 69.0 Å². The predicted molar refractivity (Wildman–Crippen MR) is 160 cm³/mol. The van der Waals surface area contributed by atoms with E-state index in [4.69, 9.17) is 10.8 Å². The maximum atomic E-state index is 13.2. The predicted octanol–water partition coefficient (Wildman–Crippen LogP) is 4.57. The van der Waals surface area contributed by atoms with E-state index in [2.05, 4.69) is 81.5 Å². The van der Waals surface area contributed by atoms with Crippen LogP contribution in [0, 0.1) is 0 Å². The zero-order valence-corrected chi connectivity index (χ0v) is 23.5. The number of nitrogens with zero attached hydrogens (tertiary/aromatic N) is 7. The van der Waals surface area contributed by atoms with Crippen molar-refractivity contribution in [1.82, 2.24) is 34.2 Å². The van der Waals surface area contributed by atoms with Crippen LogP contribution < -0.4 is 5.73 Å². The Morgan fingerprint density at radius 1 is 1.02 bits per heavy atom. The average molecular weight is 549 g/mol. The van der Waals surface area contributed by atoms with Gasteiger partial charge in [-0.3, -0.25) is 14.4 Å². The van der Waals surface area contributed by atoms with Crippen LogP contribution in [0.4, 0.5) is 5.82 Å². The third kappa shape index (κ3) is 4.84. The molecule has 2 aliphatic heterocycles. The Kier molecular flexibility index (Phi) is 6.66. The lowest BCUT2D eigenvalue weighted by Crippen LogP contribution is -2.48. The minimum atomic E-state index is -0.0339. The zero-order chi connectivity index (χ0) is 27.9. The molecular formula is C32H36N8O. The van der Waals surface area contributed by atoms with Gasteiger partial charge in [0.2, 0.25) is 5.91 Å². The Morgan fingerprint density at radius 3 is 2.59 bits per heavy atom. The summed E-state index contributed by atoms with van der Waals surface area (Å²) in [6.07, 6.45) is 7.80. The molecule has 2 fully saturated rings. The van der Waals surface area contributed by atoms with E-state index in [1.807, 2.05) is 15.3 Å². The fourth-order valence-electron chi connectivity index (χ4n) is 6.63. The number of carbonyl (C=O) groups is 1. The number of hydrogen-bond acceptors (Lipinski definition) is 6. The minimum absolute atomic E-state index is 0.0339. The summed E-state index contributed by atoms with van der Waals surface area (Å²) in [6.45, 7) is 6.37. The van der Waals surface area contributed by atoms with E-state index in [9.17, 15) is 4.79 Å². The second kappa shape index (κ2) is 10.6. The Bertz CT molecular complexity index is 1690. The summed E-state index contributed by atoms with van der Waals surface area (Å²) in [5.74, 6) is 1.01. The van der Waals surface area contributed by atoms with Gasteiger partial charge in [-0.2, -0.15) is 10.2 Å². The van der Waals surface area contributed by atoms with Crippen LogP contribution in [0.2, 0.25) is 0 Å². The molecule has 2 N–H and O–H groups in total. The third-order valence-corrected chi connectivity index (χ3v) is 8.93. The molecule has 0 aliphatic carbocycles. The summed E-state index contributed by atoms with van der Waals surface area (Å²) in [5, 5.41) is 10.6. The van der Waals surface area contributed by atoms with Gasteiger partial charge in [-0.25, -0.2) is 9.50 Å². The molecule has 2 aliphatic rings. The highest BCUT2D eigenvalue weighted by Crippen LogP contribution is 2.37. The molecule has 0 radical (unpaired) electrons. The van der Waals surface area contributed by atoms with Gasteiger partial charge in [0.1, 0.15) is 11.8 Å². The molecule has 2 saturated heterocycles. The van der Waals surface area contributed by atoms with Crippen molar-refractivity contribution in [3.05, 3.63) is 78.4 Å². The first kappa shape index (κ1) is 25.7. The first-order valence-electron chi connectivity index (χ1n) is 14.7. The second-order valence-electron chi connectivity index (χ2n) is 11.5. The van der Waals surface area contributed by atoms with Crippen LogP contribution in [0.1, 0.15) is 49.8 Å². The summed E-state index contributed by atoms with van der Waals surface area (Å²) >= 11 is 0. The van der Waals surface area contributed by atoms with Gasteiger partial charge >= 0.3 is 0 Å². The Labute approximate surface area is 239 Å². The van der Waals surface area contributed by atoms with Gasteiger partial charge < -0.3 is 10.6 Å². The normalized spacial score (nSPS) is 17.5. The molecule has 0 saturated carbocycles. The molecule has 9 nitrogen and oxygen atoms in total. The van der Waals surface area contributed by atoms with Gasteiger partial charge in [0.05, 0.1) is 18.1 Å². The Morgan fingerprint density at radius 2 is 1.80 bits per heavy atom. The van der Waals surface area contributed by atoms with E-state index in [0.29, 0.717) is 5.82 Å². The number of hydrogen-bond donors (Lipinski definition) is 1. The maximum Gasteiger partial charge on any atom is 0.239 e. The van der Waals surface area contributed by atoms with Crippen molar-refractivity contribution in [1.29, 1.82) is 0 Å². The summed E-state index contributed by atoms with van der Waals surface area (Å²) in [6, 6.07) is 18.9. The molecular weight excluding hydrogens is 512 g/mol. The Balaban J connectivity index is 1.15. The van der Waals surface area contributed by atoms with Crippen LogP contribution in [0.5, 0.6) is 0 Å². The molecule has 3 aromatic heterocycles. The van der Waals surface area contributed by atoms with Crippen molar-refractivity contribution in [3.8, 4) is 11.1 Å². The van der Waals surface area contributed by atoms with E-state index in [1.54, 1.807) is 0 Å². The maximum absolute atomic E-state index is 13.2. The summed E-state index contributed by atoms with van der Waals surface area (Å²) in [5.41, 5.74) is 12.6. The van der Waals surface area contributed by atoms with Crippen LogP contribution in [-0.2, 0) is 11.3 Å². The van der Waals surface area contributed by atoms with E-state index < -0.39 is 0 Å². The van der Waals surface area contributed by atoms with Crippen LogP contribution in [-0.4, -0.2) is 72.3 Å². The number of nitrogens with two attached hydrogens (primary N) is 1. The molecule has 1 atom stereocenters. The first-order valence-corrected chi connectivity index (χ1v) is 14.7. The molecule has 210 valence electrons. The lowest BCUT2D eigenvalue weighted by Gasteiger charge is -2.35. The smallest absolute Gasteiger partial charge is 0.239 e. The van der Waals surface area contributed by atoms with Crippen LogP contribution in [0.3, 0.4) is 0 Å². The molecule has 5 aromatic rings. The average Bonchev–Trinajstić information content (AvgIpc) is 3.76. The molecule has 1 amide bonds. The largest absolute Gasteiger partial charge is 0.382 e. The second-order valence-corrected chi connectivity index (χ2v) is 11.5. The number of anilines is 1. The standard InChI is InChI=1S/C32H36N8O/c1-22(37-13-5-6-14-37)32(41)38-15-11-24(12-16-38)29-18-27(30-31(33)34-21-35-40(29)30)25-9-10-26-20-39(36-28(26)17-25)19-23-7-3-2-4-8-23/h2-4,7-10,17-18,20-22,24H,5-6,11-16,19H2,1H3,(H2,33,34,35). The highest BCUT2D eigenvalue weighted by atomic mass is 16.2. The number of rotatable bonds is 6. The molecule has 2 aromatic carbocycles. The van der Waals surface area contributed by atoms with Gasteiger partial charge in [0.25, 0.3) is 0 Å². The summed E-state index contributed by atoms with van der Waals surface area (Å²) < 4.78 is 3.95. The molecule has 1 unspecified atom stereocenters. The number of benzene rings is 2. The molecule has 41 heavy (non-hydrogen) atoms. The van der Waals surface area contributed by atoms with Crippen molar-refractivity contribution in [2.45, 2.75) is 51.1 Å². The van der Waals surface area contributed by atoms with Crippen LogP contribution in [0.25, 0.3) is 27.5 Å². The van der Waals surface area contributed by atoms with Gasteiger partial charge in [0, 0.05) is 41.8 Å². The van der Waals surface area contributed by atoms with Crippen LogP contribution in [0.15, 0.2) is 67.1 Å². The van der Waals surface area contributed by atoms with E-state index in [-0.39, 0.29) is 17.9 Å². The van der Waals surface area contributed by atoms with Crippen molar-refractivity contribution in [3.63, 3.8) is 0 Å². The van der Waals surface area contributed by atoms with Crippen molar-refractivity contribution < 1.29 is 4.79 Å². The third-order valence-electron chi connectivity index (χ3n) is 8.93. The number of carbonyl (C=O) groups excluding carboxylic acids is 1. The minimum Gasteiger partial charge on any atom is -0.382 e. The van der Waals surface area contributed by atoms with E-state index in [0.717, 1.165) is 78.8 Å². The summed E-state index contributed by atoms with van der Waals surface area (Å²) in [7, 11) is 0. The first-order chi connectivity index (χ1) is 20.0. The molecule has 9 heteroatoms. The van der Waals surface area contributed by atoms with Crippen molar-refractivity contribution in [2.75, 3.05) is 31.9 Å².